The second kappa shape index (κ2) is 6.87. The van der Waals surface area contributed by atoms with Crippen molar-refractivity contribution in [2.24, 2.45) is 0 Å². The van der Waals surface area contributed by atoms with Crippen molar-refractivity contribution in [2.75, 3.05) is 16.3 Å². The number of fused-ring (bicyclic) bond motifs is 1. The number of hydrogen-bond acceptors (Lipinski definition) is 4. The Morgan fingerprint density at radius 3 is 2.59 bits per heavy atom. The fourth-order valence-corrected chi connectivity index (χ4v) is 4.87. The van der Waals surface area contributed by atoms with Gasteiger partial charge in [0.15, 0.2) is 0 Å². The normalized spacial score (nSPS) is 16.2. The molecule has 0 spiro atoms. The number of carbonyl (C=O) groups excluding carboxylic acids is 2. The van der Waals surface area contributed by atoms with E-state index in [1.54, 1.807) is 12.1 Å². The minimum atomic E-state index is -0.310. The van der Waals surface area contributed by atoms with E-state index in [0.717, 1.165) is 22.5 Å². The Bertz CT molecular complexity index is 1180. The third kappa shape index (κ3) is 2.81. The van der Waals surface area contributed by atoms with Crippen molar-refractivity contribution < 1.29 is 9.59 Å². The van der Waals surface area contributed by atoms with Crippen LogP contribution in [0.5, 0.6) is 0 Å². The van der Waals surface area contributed by atoms with Crippen molar-refractivity contribution in [1.82, 2.24) is 0 Å². The Balaban J connectivity index is 1.67. The predicted molar refractivity (Wildman–Crippen MR) is 117 cm³/mol. The first-order valence-corrected chi connectivity index (χ1v) is 10.6. The molecule has 144 valence electrons. The second-order valence-electron chi connectivity index (χ2n) is 7.11. The van der Waals surface area contributed by atoms with Crippen LogP contribution in [0.15, 0.2) is 65.7 Å². The molecule has 0 bridgehead atoms. The van der Waals surface area contributed by atoms with Crippen molar-refractivity contribution >= 4 is 51.7 Å². The summed E-state index contributed by atoms with van der Waals surface area (Å²) in [5.74, 6) is -0.619. The standard InChI is InChI=1S/C23H17ClN2O2S/c1-14-8-9-16(13-17(14)24)26-22(27)20(19-7-4-12-29-19)21(23(26)28)25-11-10-15-5-2-3-6-18(15)25/h2-9,12-13H,10-11H2,1H3. The summed E-state index contributed by atoms with van der Waals surface area (Å²) >= 11 is 7.75. The van der Waals surface area contributed by atoms with Crippen LogP contribution < -0.4 is 9.80 Å². The Hall–Kier alpha value is -2.89. The maximum atomic E-state index is 13.6. The molecule has 0 atom stereocenters. The highest BCUT2D eigenvalue weighted by Crippen LogP contribution is 2.41. The number of anilines is 2. The predicted octanol–water partition coefficient (Wildman–Crippen LogP) is 5.06. The highest BCUT2D eigenvalue weighted by atomic mass is 35.5. The molecule has 1 aromatic heterocycles. The lowest BCUT2D eigenvalue weighted by Crippen LogP contribution is -2.34. The van der Waals surface area contributed by atoms with Crippen LogP contribution in [0.1, 0.15) is 16.0 Å². The van der Waals surface area contributed by atoms with E-state index in [1.165, 1.54) is 21.8 Å². The number of amides is 2. The highest BCUT2D eigenvalue weighted by Gasteiger charge is 2.44. The molecule has 0 radical (unpaired) electrons. The van der Waals surface area contributed by atoms with Gasteiger partial charge in [0.2, 0.25) is 0 Å². The summed E-state index contributed by atoms with van der Waals surface area (Å²) in [7, 11) is 0. The van der Waals surface area contributed by atoms with E-state index in [9.17, 15) is 9.59 Å². The first-order chi connectivity index (χ1) is 14.1. The summed E-state index contributed by atoms with van der Waals surface area (Å²) < 4.78 is 0. The Morgan fingerprint density at radius 2 is 1.83 bits per heavy atom. The van der Waals surface area contributed by atoms with Crippen LogP contribution >= 0.6 is 22.9 Å². The smallest absolute Gasteiger partial charge is 0.282 e. The number of hydrogen-bond donors (Lipinski definition) is 0. The minimum absolute atomic E-state index is 0.309. The van der Waals surface area contributed by atoms with E-state index in [2.05, 4.69) is 6.07 Å². The molecule has 0 unspecified atom stereocenters. The van der Waals surface area contributed by atoms with Gasteiger partial charge < -0.3 is 4.90 Å². The van der Waals surface area contributed by atoms with Crippen molar-refractivity contribution in [1.29, 1.82) is 0 Å². The number of halogens is 1. The van der Waals surface area contributed by atoms with Gasteiger partial charge in [-0.2, -0.15) is 0 Å². The molecule has 2 aromatic carbocycles. The monoisotopic (exact) mass is 420 g/mol. The van der Waals surface area contributed by atoms with Crippen LogP contribution in [0, 0.1) is 6.92 Å². The van der Waals surface area contributed by atoms with Crippen LogP contribution in [0.25, 0.3) is 5.57 Å². The summed E-state index contributed by atoms with van der Waals surface area (Å²) in [4.78, 5) is 31.1. The van der Waals surface area contributed by atoms with Gasteiger partial charge in [-0.3, -0.25) is 9.59 Å². The van der Waals surface area contributed by atoms with Crippen molar-refractivity contribution in [2.45, 2.75) is 13.3 Å². The van der Waals surface area contributed by atoms with Gasteiger partial charge in [-0.15, -0.1) is 11.3 Å². The number of benzene rings is 2. The molecule has 3 aromatic rings. The molecule has 5 rings (SSSR count). The third-order valence-corrected chi connectivity index (χ3v) is 6.69. The van der Waals surface area contributed by atoms with Crippen LogP contribution in [0.2, 0.25) is 5.02 Å². The van der Waals surface area contributed by atoms with Gasteiger partial charge in [0, 0.05) is 22.1 Å². The number of carbonyl (C=O) groups is 2. The molecule has 2 aliphatic heterocycles. The summed E-state index contributed by atoms with van der Waals surface area (Å²) in [6, 6.07) is 17.1. The van der Waals surface area contributed by atoms with Gasteiger partial charge in [0.1, 0.15) is 5.70 Å². The summed E-state index contributed by atoms with van der Waals surface area (Å²) in [5.41, 5.74) is 4.46. The lowest BCUT2D eigenvalue weighted by atomic mass is 10.1. The first-order valence-electron chi connectivity index (χ1n) is 9.35. The molecule has 3 heterocycles. The molecule has 0 fully saturated rings. The zero-order valence-electron chi connectivity index (χ0n) is 15.7. The molecule has 2 amide bonds. The van der Waals surface area contributed by atoms with E-state index in [1.807, 2.05) is 53.6 Å². The van der Waals surface area contributed by atoms with Crippen molar-refractivity contribution in [3.05, 3.63) is 86.7 Å². The van der Waals surface area contributed by atoms with Crippen LogP contribution in [0.4, 0.5) is 11.4 Å². The van der Waals surface area contributed by atoms with Crippen LogP contribution in [-0.2, 0) is 16.0 Å². The number of nitrogens with zero attached hydrogens (tertiary/aromatic N) is 2. The van der Waals surface area contributed by atoms with Crippen LogP contribution in [0.3, 0.4) is 0 Å². The number of para-hydroxylation sites is 1. The molecule has 0 N–H and O–H groups in total. The topological polar surface area (TPSA) is 40.6 Å². The van der Waals surface area contributed by atoms with Crippen molar-refractivity contribution in [3.8, 4) is 0 Å². The average Bonchev–Trinajstić information content (AvgIpc) is 3.42. The fourth-order valence-electron chi connectivity index (χ4n) is 3.94. The molecule has 2 aliphatic rings. The summed E-state index contributed by atoms with van der Waals surface area (Å²) in [6.45, 7) is 2.56. The quantitative estimate of drug-likeness (QED) is 0.556. The molecule has 6 heteroatoms. The van der Waals surface area contributed by atoms with E-state index in [-0.39, 0.29) is 11.8 Å². The molecular weight excluding hydrogens is 404 g/mol. The van der Waals surface area contributed by atoms with E-state index in [0.29, 0.717) is 28.5 Å². The minimum Gasteiger partial charge on any atom is -0.336 e. The van der Waals surface area contributed by atoms with Gasteiger partial charge in [-0.25, -0.2) is 4.90 Å². The summed E-state index contributed by atoms with van der Waals surface area (Å²) in [5, 5.41) is 2.45. The van der Waals surface area contributed by atoms with Crippen LogP contribution in [-0.4, -0.2) is 18.4 Å². The van der Waals surface area contributed by atoms with Gasteiger partial charge >= 0.3 is 0 Å². The fraction of sp³-hybridized carbons (Fsp3) is 0.130. The molecular formula is C23H17ClN2O2S. The Morgan fingerprint density at radius 1 is 1.00 bits per heavy atom. The van der Waals surface area contributed by atoms with Gasteiger partial charge in [-0.05, 0) is 54.1 Å². The largest absolute Gasteiger partial charge is 0.336 e. The molecule has 29 heavy (non-hydrogen) atoms. The Labute approximate surface area is 177 Å². The van der Waals surface area contributed by atoms with E-state index >= 15 is 0 Å². The average molecular weight is 421 g/mol. The zero-order valence-corrected chi connectivity index (χ0v) is 17.3. The number of thiophene rings is 1. The zero-order chi connectivity index (χ0) is 20.1. The second-order valence-corrected chi connectivity index (χ2v) is 8.47. The maximum absolute atomic E-state index is 13.6. The number of imide groups is 1. The number of aryl methyl sites for hydroxylation is 1. The van der Waals surface area contributed by atoms with Gasteiger partial charge in [0.05, 0.1) is 11.3 Å². The Kier molecular flexibility index (Phi) is 4.30. The summed E-state index contributed by atoms with van der Waals surface area (Å²) in [6.07, 6.45) is 0.842. The van der Waals surface area contributed by atoms with E-state index < -0.39 is 0 Å². The SMILES string of the molecule is Cc1ccc(N2C(=O)C(c3cccs3)=C(N3CCc4ccccc43)C2=O)cc1Cl. The first kappa shape index (κ1) is 18.2. The molecule has 4 nitrogen and oxygen atoms in total. The molecule has 0 aliphatic carbocycles. The van der Waals surface area contributed by atoms with E-state index in [4.69, 9.17) is 11.6 Å². The highest BCUT2D eigenvalue weighted by molar-refractivity contribution is 7.11. The van der Waals surface area contributed by atoms with Gasteiger partial charge in [-0.1, -0.05) is 41.9 Å². The molecule has 0 saturated heterocycles. The third-order valence-electron chi connectivity index (χ3n) is 5.40. The lowest BCUT2D eigenvalue weighted by molar-refractivity contribution is -0.120. The van der Waals surface area contributed by atoms with Crippen molar-refractivity contribution in [3.63, 3.8) is 0 Å². The lowest BCUT2D eigenvalue weighted by Gasteiger charge is -2.22. The maximum Gasteiger partial charge on any atom is 0.282 e. The molecule has 0 saturated carbocycles. The van der Waals surface area contributed by atoms with Gasteiger partial charge in [0.25, 0.3) is 11.8 Å². The number of rotatable bonds is 3.